The molecule has 1 unspecified atom stereocenters. The Morgan fingerprint density at radius 1 is 1.27 bits per heavy atom. The maximum absolute atomic E-state index is 13.8. The highest BCUT2D eigenvalue weighted by atomic mass is 19.1. The van der Waals surface area contributed by atoms with Gasteiger partial charge in [-0.3, -0.25) is 14.5 Å². The molecular weight excluding hydrogens is 285 g/mol. The van der Waals surface area contributed by atoms with Gasteiger partial charge in [0.15, 0.2) is 0 Å². The van der Waals surface area contributed by atoms with Gasteiger partial charge < -0.3 is 9.80 Å². The lowest BCUT2D eigenvalue weighted by molar-refractivity contribution is -0.141. The molecule has 2 amide bonds. The van der Waals surface area contributed by atoms with Gasteiger partial charge in [-0.2, -0.15) is 0 Å². The maximum atomic E-state index is 13.8. The van der Waals surface area contributed by atoms with Crippen molar-refractivity contribution in [1.29, 1.82) is 0 Å². The molecule has 1 aliphatic heterocycles. The van der Waals surface area contributed by atoms with Crippen LogP contribution in [0.15, 0.2) is 24.3 Å². The molecule has 0 aliphatic carbocycles. The molecule has 6 heteroatoms. The molecule has 22 heavy (non-hydrogen) atoms. The zero-order valence-corrected chi connectivity index (χ0v) is 13.3. The quantitative estimate of drug-likeness (QED) is 0.835. The Morgan fingerprint density at radius 3 is 2.55 bits per heavy atom. The van der Waals surface area contributed by atoms with Crippen molar-refractivity contribution < 1.29 is 14.0 Å². The van der Waals surface area contributed by atoms with Gasteiger partial charge in [0, 0.05) is 52.8 Å². The summed E-state index contributed by atoms with van der Waals surface area (Å²) in [6, 6.07) is 6.14. The molecule has 1 aliphatic rings. The second kappa shape index (κ2) is 6.87. The minimum atomic E-state index is -0.438. The lowest BCUT2D eigenvalue weighted by atomic mass is 10.1. The van der Waals surface area contributed by atoms with Crippen molar-refractivity contribution in [1.82, 2.24) is 14.7 Å². The highest BCUT2D eigenvalue weighted by Gasteiger charge is 2.34. The molecule has 0 aromatic heterocycles. The van der Waals surface area contributed by atoms with E-state index in [1.807, 2.05) is 4.90 Å². The lowest BCUT2D eigenvalue weighted by Gasteiger charge is -2.41. The molecule has 0 saturated carbocycles. The zero-order valence-electron chi connectivity index (χ0n) is 13.3. The second-order valence-electron chi connectivity index (χ2n) is 5.78. The van der Waals surface area contributed by atoms with Gasteiger partial charge in [0.05, 0.1) is 0 Å². The molecular formula is C16H22FN3O2. The molecule has 0 spiro atoms. The van der Waals surface area contributed by atoms with E-state index < -0.39 is 6.04 Å². The standard InChI is InChI=1S/C16H22FN3O2/c1-12(21)19-8-9-20(15(11-19)16(22)18(2)3)10-13-6-4-5-7-14(13)17/h4-7,15H,8-11H2,1-3H3. The van der Waals surface area contributed by atoms with Crippen LogP contribution in [0, 0.1) is 5.82 Å². The minimum Gasteiger partial charge on any atom is -0.347 e. The summed E-state index contributed by atoms with van der Waals surface area (Å²) in [5.74, 6) is -0.378. The third-order valence-electron chi connectivity index (χ3n) is 3.99. The predicted molar refractivity (Wildman–Crippen MR) is 81.5 cm³/mol. The topological polar surface area (TPSA) is 43.9 Å². The van der Waals surface area contributed by atoms with Gasteiger partial charge in [-0.1, -0.05) is 18.2 Å². The van der Waals surface area contributed by atoms with Crippen molar-refractivity contribution in [3.63, 3.8) is 0 Å². The number of halogens is 1. The lowest BCUT2D eigenvalue weighted by Crippen LogP contribution is -2.59. The van der Waals surface area contributed by atoms with Crippen molar-refractivity contribution in [3.05, 3.63) is 35.6 Å². The number of piperazine rings is 1. The van der Waals surface area contributed by atoms with E-state index in [4.69, 9.17) is 0 Å². The van der Waals surface area contributed by atoms with Gasteiger partial charge >= 0.3 is 0 Å². The number of rotatable bonds is 3. The summed E-state index contributed by atoms with van der Waals surface area (Å²) in [5, 5.41) is 0. The first-order chi connectivity index (χ1) is 10.4. The van der Waals surface area contributed by atoms with Crippen LogP contribution in [0.4, 0.5) is 4.39 Å². The second-order valence-corrected chi connectivity index (χ2v) is 5.78. The molecule has 0 N–H and O–H groups in total. The normalized spacial score (nSPS) is 19.1. The Balaban J connectivity index is 2.19. The highest BCUT2D eigenvalue weighted by Crippen LogP contribution is 2.17. The summed E-state index contributed by atoms with van der Waals surface area (Å²) in [6.45, 7) is 3.33. The summed E-state index contributed by atoms with van der Waals surface area (Å²) >= 11 is 0. The summed E-state index contributed by atoms with van der Waals surface area (Å²) in [5.41, 5.74) is 0.565. The molecule has 1 fully saturated rings. The van der Waals surface area contributed by atoms with Crippen LogP contribution in [0.5, 0.6) is 0 Å². The van der Waals surface area contributed by atoms with Gasteiger partial charge in [0.1, 0.15) is 11.9 Å². The molecule has 120 valence electrons. The maximum Gasteiger partial charge on any atom is 0.241 e. The summed E-state index contributed by atoms with van der Waals surface area (Å²) < 4.78 is 13.8. The molecule has 2 rings (SSSR count). The van der Waals surface area contributed by atoms with Crippen LogP contribution in [-0.2, 0) is 16.1 Å². The fourth-order valence-electron chi connectivity index (χ4n) is 2.67. The molecule has 1 saturated heterocycles. The van der Waals surface area contributed by atoms with Gasteiger partial charge in [0.25, 0.3) is 0 Å². The van der Waals surface area contributed by atoms with E-state index in [-0.39, 0.29) is 17.6 Å². The molecule has 1 aromatic rings. The van der Waals surface area contributed by atoms with Crippen LogP contribution in [-0.4, -0.2) is 66.3 Å². The average Bonchev–Trinajstić information content (AvgIpc) is 2.48. The number of benzene rings is 1. The number of hydrogen-bond acceptors (Lipinski definition) is 3. The van der Waals surface area contributed by atoms with E-state index in [1.54, 1.807) is 37.2 Å². The number of nitrogens with zero attached hydrogens (tertiary/aromatic N) is 3. The fourth-order valence-corrected chi connectivity index (χ4v) is 2.67. The van der Waals surface area contributed by atoms with Crippen LogP contribution in [0.2, 0.25) is 0 Å². The Morgan fingerprint density at radius 2 is 1.95 bits per heavy atom. The monoisotopic (exact) mass is 307 g/mol. The van der Waals surface area contributed by atoms with E-state index in [9.17, 15) is 14.0 Å². The number of hydrogen-bond donors (Lipinski definition) is 0. The third kappa shape index (κ3) is 3.62. The number of carbonyl (C=O) groups is 2. The summed E-state index contributed by atoms with van der Waals surface area (Å²) in [6.07, 6.45) is 0. The fraction of sp³-hybridized carbons (Fsp3) is 0.500. The van der Waals surface area contributed by atoms with Crippen molar-refractivity contribution in [2.75, 3.05) is 33.7 Å². The van der Waals surface area contributed by atoms with E-state index in [0.29, 0.717) is 31.7 Å². The average molecular weight is 307 g/mol. The smallest absolute Gasteiger partial charge is 0.241 e. The van der Waals surface area contributed by atoms with E-state index in [0.717, 1.165) is 0 Å². The Kier molecular flexibility index (Phi) is 5.13. The number of carbonyl (C=O) groups excluding carboxylic acids is 2. The molecule has 1 heterocycles. The van der Waals surface area contributed by atoms with Crippen LogP contribution >= 0.6 is 0 Å². The zero-order chi connectivity index (χ0) is 16.3. The Bertz CT molecular complexity index is 562. The van der Waals surface area contributed by atoms with Crippen LogP contribution in [0.25, 0.3) is 0 Å². The van der Waals surface area contributed by atoms with Gasteiger partial charge in [-0.05, 0) is 6.07 Å². The van der Waals surface area contributed by atoms with Gasteiger partial charge in [-0.25, -0.2) is 4.39 Å². The molecule has 1 aromatic carbocycles. The first kappa shape index (κ1) is 16.4. The minimum absolute atomic E-state index is 0.0397. The Hall–Kier alpha value is -1.95. The number of amides is 2. The molecule has 5 nitrogen and oxygen atoms in total. The summed E-state index contributed by atoms with van der Waals surface area (Å²) in [4.78, 5) is 29.1. The van der Waals surface area contributed by atoms with Crippen LogP contribution in [0.3, 0.4) is 0 Å². The van der Waals surface area contributed by atoms with Crippen LogP contribution in [0.1, 0.15) is 12.5 Å². The molecule has 0 bridgehead atoms. The first-order valence-corrected chi connectivity index (χ1v) is 7.34. The van der Waals surface area contributed by atoms with E-state index >= 15 is 0 Å². The highest BCUT2D eigenvalue weighted by molar-refractivity contribution is 5.83. The van der Waals surface area contributed by atoms with E-state index in [1.165, 1.54) is 17.9 Å². The van der Waals surface area contributed by atoms with Gasteiger partial charge in [-0.15, -0.1) is 0 Å². The Labute approximate surface area is 130 Å². The first-order valence-electron chi connectivity index (χ1n) is 7.34. The number of likely N-dealkylation sites (N-methyl/N-ethyl adjacent to an activating group) is 1. The summed E-state index contributed by atoms with van der Waals surface area (Å²) in [7, 11) is 3.38. The predicted octanol–water partition coefficient (Wildman–Crippen LogP) is 0.947. The SMILES string of the molecule is CC(=O)N1CCN(Cc2ccccc2F)C(C(=O)N(C)C)C1. The van der Waals surface area contributed by atoms with Gasteiger partial charge in [0.2, 0.25) is 11.8 Å². The van der Waals surface area contributed by atoms with E-state index in [2.05, 4.69) is 0 Å². The van der Waals surface area contributed by atoms with Crippen molar-refractivity contribution in [2.45, 2.75) is 19.5 Å². The molecule has 1 atom stereocenters. The van der Waals surface area contributed by atoms with Crippen LogP contribution < -0.4 is 0 Å². The van der Waals surface area contributed by atoms with Crippen molar-refractivity contribution in [2.24, 2.45) is 0 Å². The largest absolute Gasteiger partial charge is 0.347 e. The van der Waals surface area contributed by atoms with Crippen molar-refractivity contribution >= 4 is 11.8 Å². The third-order valence-corrected chi connectivity index (χ3v) is 3.99. The van der Waals surface area contributed by atoms with Crippen molar-refractivity contribution in [3.8, 4) is 0 Å². The molecule has 0 radical (unpaired) electrons.